The molecule has 2 aliphatic heterocycles. The maximum atomic E-state index is 12.6. The smallest absolute Gasteiger partial charge is 0.406 e. The quantitative estimate of drug-likeness (QED) is 0.781. The van der Waals surface area contributed by atoms with E-state index in [1.165, 1.54) is 18.2 Å². The van der Waals surface area contributed by atoms with Crippen molar-refractivity contribution in [2.24, 2.45) is 5.92 Å². The number of benzene rings is 1. The van der Waals surface area contributed by atoms with Gasteiger partial charge in [0.2, 0.25) is 0 Å². The molecule has 1 aromatic rings. The largest absolute Gasteiger partial charge is 0.573 e. The Morgan fingerprint density at radius 1 is 1.17 bits per heavy atom. The molecule has 2 aliphatic rings. The Balaban J connectivity index is 1.76. The predicted molar refractivity (Wildman–Crippen MR) is 79.7 cm³/mol. The molecule has 0 aliphatic carbocycles. The number of rotatable bonds is 3. The van der Waals surface area contributed by atoms with Gasteiger partial charge in [0.05, 0.1) is 0 Å². The summed E-state index contributed by atoms with van der Waals surface area (Å²) in [5.74, 6) is -0.821. The van der Waals surface area contributed by atoms with Gasteiger partial charge in [-0.15, -0.1) is 13.2 Å². The Bertz CT molecular complexity index is 613. The highest BCUT2D eigenvalue weighted by Crippen LogP contribution is 2.38. The number of ether oxygens (including phenoxy) is 1. The molecule has 23 heavy (non-hydrogen) atoms. The summed E-state index contributed by atoms with van der Waals surface area (Å²) in [6.45, 7) is 0. The van der Waals surface area contributed by atoms with Gasteiger partial charge in [0.1, 0.15) is 5.75 Å². The van der Waals surface area contributed by atoms with Gasteiger partial charge in [0.25, 0.3) is 0 Å². The van der Waals surface area contributed by atoms with Crippen molar-refractivity contribution >= 4 is 16.6 Å². The third-order valence-corrected chi connectivity index (χ3v) is 6.70. The number of carbonyl (C=O) groups is 1. The van der Waals surface area contributed by atoms with Crippen LogP contribution in [0.15, 0.2) is 24.3 Å². The number of Topliss-reactive ketones (excluding diaryl/α,β-unsaturated/α-hetero) is 1. The summed E-state index contributed by atoms with van der Waals surface area (Å²) in [6.07, 6.45) is -0.885. The van der Waals surface area contributed by atoms with E-state index in [2.05, 4.69) is 4.74 Å². The van der Waals surface area contributed by atoms with Gasteiger partial charge in [0, 0.05) is 32.8 Å². The summed E-state index contributed by atoms with van der Waals surface area (Å²) in [4.78, 5) is 12.6. The van der Waals surface area contributed by atoms with Crippen LogP contribution in [-0.2, 0) is 10.8 Å². The fraction of sp³-hybridized carbons (Fsp3) is 0.562. The third-order valence-electron chi connectivity index (χ3n) is 4.53. The van der Waals surface area contributed by atoms with Gasteiger partial charge in [-0.05, 0) is 37.8 Å². The minimum Gasteiger partial charge on any atom is -0.406 e. The van der Waals surface area contributed by atoms with Gasteiger partial charge < -0.3 is 4.74 Å². The van der Waals surface area contributed by atoms with Crippen LogP contribution in [-0.4, -0.2) is 26.9 Å². The number of halogens is 3. The van der Waals surface area contributed by atoms with Crippen molar-refractivity contribution in [1.82, 2.24) is 0 Å². The summed E-state index contributed by atoms with van der Waals surface area (Å²) >= 11 is 0. The lowest BCUT2D eigenvalue weighted by atomic mass is 9.84. The van der Waals surface area contributed by atoms with E-state index < -0.39 is 17.2 Å². The average molecular weight is 346 g/mol. The number of carbonyl (C=O) groups excluding carboxylic acids is 1. The molecule has 7 heteroatoms. The van der Waals surface area contributed by atoms with E-state index in [1.54, 1.807) is 0 Å². The fourth-order valence-corrected chi connectivity index (χ4v) is 5.72. The predicted octanol–water partition coefficient (Wildman–Crippen LogP) is 3.85. The second-order valence-electron chi connectivity index (χ2n) is 6.11. The highest BCUT2D eigenvalue weighted by molar-refractivity contribution is 7.86. The van der Waals surface area contributed by atoms with E-state index in [9.17, 15) is 22.2 Å². The summed E-state index contributed by atoms with van der Waals surface area (Å²) < 4.78 is 52.9. The summed E-state index contributed by atoms with van der Waals surface area (Å²) in [5.41, 5.74) is 0.225. The average Bonchev–Trinajstić information content (AvgIpc) is 2.44. The Kier molecular flexibility index (Phi) is 4.49. The van der Waals surface area contributed by atoms with Crippen LogP contribution in [0.1, 0.15) is 42.5 Å². The Hall–Kier alpha value is -1.37. The van der Waals surface area contributed by atoms with E-state index in [1.807, 2.05) is 0 Å². The first kappa shape index (κ1) is 16.5. The monoisotopic (exact) mass is 346 g/mol. The zero-order chi connectivity index (χ0) is 16.6. The highest BCUT2D eigenvalue weighted by atomic mass is 32.2. The van der Waals surface area contributed by atoms with Crippen molar-refractivity contribution in [3.8, 4) is 5.75 Å². The second kappa shape index (κ2) is 6.26. The first-order valence-corrected chi connectivity index (χ1v) is 8.90. The summed E-state index contributed by atoms with van der Waals surface area (Å²) in [7, 11) is -0.873. The third kappa shape index (κ3) is 3.76. The lowest BCUT2D eigenvalue weighted by molar-refractivity contribution is -0.274. The van der Waals surface area contributed by atoms with E-state index in [4.69, 9.17) is 0 Å². The zero-order valence-corrected chi connectivity index (χ0v) is 13.2. The zero-order valence-electron chi connectivity index (χ0n) is 12.3. The van der Waals surface area contributed by atoms with Crippen molar-refractivity contribution in [3.63, 3.8) is 0 Å². The Morgan fingerprint density at radius 2 is 1.83 bits per heavy atom. The van der Waals surface area contributed by atoms with Crippen molar-refractivity contribution in [3.05, 3.63) is 29.8 Å². The van der Waals surface area contributed by atoms with Crippen LogP contribution in [0.3, 0.4) is 0 Å². The maximum Gasteiger partial charge on any atom is 0.573 e. The van der Waals surface area contributed by atoms with Gasteiger partial charge >= 0.3 is 6.36 Å². The van der Waals surface area contributed by atoms with Gasteiger partial charge in [-0.2, -0.15) is 0 Å². The number of hydrogen-bond acceptors (Lipinski definition) is 3. The molecule has 2 saturated heterocycles. The molecule has 2 fully saturated rings. The molecule has 2 bridgehead atoms. The van der Waals surface area contributed by atoms with E-state index in [0.717, 1.165) is 25.3 Å². The Morgan fingerprint density at radius 3 is 2.43 bits per heavy atom. The molecule has 0 radical (unpaired) electrons. The molecule has 126 valence electrons. The molecule has 2 atom stereocenters. The topological polar surface area (TPSA) is 43.4 Å². The van der Waals surface area contributed by atoms with Crippen LogP contribution >= 0.6 is 0 Å². The highest BCUT2D eigenvalue weighted by Gasteiger charge is 2.40. The van der Waals surface area contributed by atoms with Crippen molar-refractivity contribution < 1.29 is 26.9 Å². The molecule has 0 N–H and O–H groups in total. The SMILES string of the molecule is O=C(c1cccc(OC(F)(F)F)c1)C1CC2CCCC(C1)S2=O. The van der Waals surface area contributed by atoms with Crippen LogP contribution in [0.25, 0.3) is 0 Å². The van der Waals surface area contributed by atoms with Crippen LogP contribution in [0, 0.1) is 5.92 Å². The lowest BCUT2D eigenvalue weighted by Crippen LogP contribution is -2.41. The summed E-state index contributed by atoms with van der Waals surface area (Å²) in [5, 5.41) is 0.0946. The van der Waals surface area contributed by atoms with Crippen molar-refractivity contribution in [2.75, 3.05) is 0 Å². The summed E-state index contributed by atoms with van der Waals surface area (Å²) in [6, 6.07) is 5.20. The van der Waals surface area contributed by atoms with Gasteiger partial charge in [0.15, 0.2) is 5.78 Å². The first-order chi connectivity index (χ1) is 10.8. The van der Waals surface area contributed by atoms with Crippen molar-refractivity contribution in [1.29, 1.82) is 0 Å². The molecule has 3 rings (SSSR count). The van der Waals surface area contributed by atoms with E-state index in [0.29, 0.717) is 12.8 Å². The van der Waals surface area contributed by atoms with Crippen LogP contribution < -0.4 is 4.74 Å². The fourth-order valence-electron chi connectivity index (χ4n) is 3.53. The second-order valence-corrected chi connectivity index (χ2v) is 8.10. The van der Waals surface area contributed by atoms with Crippen LogP contribution in [0.5, 0.6) is 5.75 Å². The first-order valence-electron chi connectivity index (χ1n) is 7.63. The molecule has 0 saturated carbocycles. The van der Waals surface area contributed by atoms with Gasteiger partial charge in [-0.1, -0.05) is 18.6 Å². The van der Waals surface area contributed by atoms with E-state index in [-0.39, 0.29) is 33.5 Å². The molecule has 2 unspecified atom stereocenters. The minimum absolute atomic E-state index is 0.0473. The van der Waals surface area contributed by atoms with Crippen molar-refractivity contribution in [2.45, 2.75) is 49.0 Å². The molecular weight excluding hydrogens is 329 g/mol. The lowest BCUT2D eigenvalue weighted by Gasteiger charge is -2.37. The van der Waals surface area contributed by atoms with E-state index >= 15 is 0 Å². The molecule has 1 aromatic carbocycles. The number of fused-ring (bicyclic) bond motifs is 2. The van der Waals surface area contributed by atoms with Crippen LogP contribution in [0.2, 0.25) is 0 Å². The number of hydrogen-bond donors (Lipinski definition) is 0. The van der Waals surface area contributed by atoms with Gasteiger partial charge in [-0.3, -0.25) is 9.00 Å². The minimum atomic E-state index is -4.78. The maximum absolute atomic E-state index is 12.6. The van der Waals surface area contributed by atoms with Gasteiger partial charge in [-0.25, -0.2) is 0 Å². The van der Waals surface area contributed by atoms with Crippen LogP contribution in [0.4, 0.5) is 13.2 Å². The molecule has 0 amide bonds. The normalized spacial score (nSPS) is 30.7. The molecule has 2 heterocycles. The molecule has 3 nitrogen and oxygen atoms in total. The Labute approximate surface area is 134 Å². The number of ketones is 1. The standard InChI is InChI=1S/C16H17F3O3S/c17-16(18,19)22-12-4-1-3-10(7-12)15(20)11-8-13-5-2-6-14(9-11)23(13)21/h1,3-4,7,11,13-14H,2,5-6,8-9H2. The molecule has 0 spiro atoms. The molecule has 0 aromatic heterocycles. The number of alkyl halides is 3. The molecular formula is C16H17F3O3S.